The number of rotatable bonds is 6. The van der Waals surface area contributed by atoms with Crippen LogP contribution >= 0.6 is 0 Å². The average molecular weight is 279 g/mol. The number of carboxylic acid groups (broad SMARTS) is 1. The highest BCUT2D eigenvalue weighted by Gasteiger charge is 2.19. The molecule has 0 aliphatic heterocycles. The van der Waals surface area contributed by atoms with Crippen LogP contribution < -0.4 is 11.1 Å². The molecule has 4 N–H and O–H groups in total. The minimum atomic E-state index is -1.09. The zero-order chi connectivity index (χ0) is 15.3. The predicted octanol–water partition coefficient (Wildman–Crippen LogP) is 1.64. The van der Waals surface area contributed by atoms with Gasteiger partial charge in [0.05, 0.1) is 16.9 Å². The molecule has 1 unspecified atom stereocenters. The van der Waals surface area contributed by atoms with E-state index in [0.717, 1.165) is 0 Å². The second-order valence-corrected chi connectivity index (χ2v) is 4.45. The molecule has 0 saturated heterocycles. The molecule has 1 atom stereocenters. The SMILES string of the molecule is CCN(CC)C(=O)C(C)Nc1cccc(C(=O)O)c1N. The highest BCUT2D eigenvalue weighted by atomic mass is 16.4. The summed E-state index contributed by atoms with van der Waals surface area (Å²) in [5.74, 6) is -1.14. The number of likely N-dealkylation sites (N-methyl/N-ethyl adjacent to an activating group) is 1. The summed E-state index contributed by atoms with van der Waals surface area (Å²) in [6, 6.07) is 4.21. The molecule has 0 radical (unpaired) electrons. The van der Waals surface area contributed by atoms with Gasteiger partial charge in [-0.2, -0.15) is 0 Å². The number of nitrogen functional groups attached to an aromatic ring is 1. The summed E-state index contributed by atoms with van der Waals surface area (Å²) < 4.78 is 0. The molecule has 0 heterocycles. The molecule has 110 valence electrons. The predicted molar refractivity (Wildman–Crippen MR) is 78.8 cm³/mol. The second kappa shape index (κ2) is 6.79. The summed E-state index contributed by atoms with van der Waals surface area (Å²) in [7, 11) is 0. The normalized spacial score (nSPS) is 11.8. The number of carbonyl (C=O) groups is 2. The van der Waals surface area contributed by atoms with E-state index in [-0.39, 0.29) is 17.2 Å². The number of carbonyl (C=O) groups excluding carboxylic acids is 1. The van der Waals surface area contributed by atoms with Gasteiger partial charge in [-0.05, 0) is 32.9 Å². The van der Waals surface area contributed by atoms with Crippen LogP contribution in [0.1, 0.15) is 31.1 Å². The van der Waals surface area contributed by atoms with Crippen LogP contribution in [0, 0.1) is 0 Å². The number of nitrogens with one attached hydrogen (secondary N) is 1. The number of amides is 1. The summed E-state index contributed by atoms with van der Waals surface area (Å²) in [5.41, 5.74) is 6.43. The zero-order valence-corrected chi connectivity index (χ0v) is 12.0. The van der Waals surface area contributed by atoms with Crippen molar-refractivity contribution in [3.63, 3.8) is 0 Å². The van der Waals surface area contributed by atoms with E-state index in [4.69, 9.17) is 10.8 Å². The number of nitrogens with two attached hydrogens (primary N) is 1. The Labute approximate surface area is 118 Å². The Balaban J connectivity index is 2.91. The van der Waals surface area contributed by atoms with Crippen molar-refractivity contribution in [1.82, 2.24) is 4.90 Å². The Hall–Kier alpha value is -2.24. The van der Waals surface area contributed by atoms with Gasteiger partial charge >= 0.3 is 5.97 Å². The Morgan fingerprint density at radius 3 is 2.45 bits per heavy atom. The lowest BCUT2D eigenvalue weighted by atomic mass is 10.1. The molecule has 1 rings (SSSR count). The summed E-state index contributed by atoms with van der Waals surface area (Å²) >= 11 is 0. The third kappa shape index (κ3) is 3.40. The van der Waals surface area contributed by atoms with Gasteiger partial charge in [-0.1, -0.05) is 6.07 Å². The van der Waals surface area contributed by atoms with Crippen molar-refractivity contribution >= 4 is 23.3 Å². The van der Waals surface area contributed by atoms with Gasteiger partial charge in [-0.15, -0.1) is 0 Å². The van der Waals surface area contributed by atoms with Crippen LogP contribution in [0.4, 0.5) is 11.4 Å². The van der Waals surface area contributed by atoms with E-state index >= 15 is 0 Å². The second-order valence-electron chi connectivity index (χ2n) is 4.45. The monoisotopic (exact) mass is 279 g/mol. The van der Waals surface area contributed by atoms with Crippen molar-refractivity contribution < 1.29 is 14.7 Å². The number of anilines is 2. The van der Waals surface area contributed by atoms with E-state index in [1.54, 1.807) is 24.0 Å². The molecule has 0 aliphatic rings. The molecule has 0 aromatic heterocycles. The first-order chi connectivity index (χ1) is 9.42. The molecule has 1 aromatic carbocycles. The molecule has 20 heavy (non-hydrogen) atoms. The van der Waals surface area contributed by atoms with Crippen molar-refractivity contribution in [3.05, 3.63) is 23.8 Å². The Morgan fingerprint density at radius 2 is 1.95 bits per heavy atom. The largest absolute Gasteiger partial charge is 0.478 e. The number of para-hydroxylation sites is 1. The fourth-order valence-electron chi connectivity index (χ4n) is 1.98. The lowest BCUT2D eigenvalue weighted by Gasteiger charge is -2.24. The van der Waals surface area contributed by atoms with E-state index in [0.29, 0.717) is 18.8 Å². The van der Waals surface area contributed by atoms with E-state index < -0.39 is 12.0 Å². The fourth-order valence-corrected chi connectivity index (χ4v) is 1.98. The average Bonchev–Trinajstić information content (AvgIpc) is 2.41. The molecular weight excluding hydrogens is 258 g/mol. The van der Waals surface area contributed by atoms with Gasteiger partial charge in [-0.3, -0.25) is 4.79 Å². The van der Waals surface area contributed by atoms with Gasteiger partial charge in [0.25, 0.3) is 0 Å². The number of nitrogens with zero attached hydrogens (tertiary/aromatic N) is 1. The molecule has 0 fully saturated rings. The molecule has 1 amide bonds. The maximum atomic E-state index is 12.1. The van der Waals surface area contributed by atoms with Crippen LogP contribution in [-0.2, 0) is 4.79 Å². The Kier molecular flexibility index (Phi) is 5.37. The molecular formula is C14H21N3O3. The van der Waals surface area contributed by atoms with Crippen molar-refractivity contribution in [2.24, 2.45) is 0 Å². The van der Waals surface area contributed by atoms with Gasteiger partial charge in [-0.25, -0.2) is 4.79 Å². The topological polar surface area (TPSA) is 95.7 Å². The summed E-state index contributed by atoms with van der Waals surface area (Å²) in [5, 5.41) is 12.0. The van der Waals surface area contributed by atoms with Crippen LogP contribution in [0.15, 0.2) is 18.2 Å². The van der Waals surface area contributed by atoms with E-state index in [1.165, 1.54) is 6.07 Å². The lowest BCUT2D eigenvalue weighted by molar-refractivity contribution is -0.131. The number of aromatic carboxylic acids is 1. The standard InChI is InChI=1S/C14H21N3O3/c1-4-17(5-2)13(18)9(3)16-11-8-6-7-10(12(11)15)14(19)20/h6-9,16H,4-5,15H2,1-3H3,(H,19,20). The van der Waals surface area contributed by atoms with E-state index in [2.05, 4.69) is 5.32 Å². The smallest absolute Gasteiger partial charge is 0.337 e. The van der Waals surface area contributed by atoms with Crippen molar-refractivity contribution in [3.8, 4) is 0 Å². The molecule has 0 bridgehead atoms. The summed E-state index contributed by atoms with van der Waals surface area (Å²) in [6.07, 6.45) is 0. The van der Waals surface area contributed by atoms with Gasteiger partial charge in [0, 0.05) is 13.1 Å². The number of benzene rings is 1. The molecule has 0 saturated carbocycles. The quantitative estimate of drug-likeness (QED) is 0.688. The van der Waals surface area contributed by atoms with Gasteiger partial charge in [0.1, 0.15) is 6.04 Å². The minimum Gasteiger partial charge on any atom is -0.478 e. The van der Waals surface area contributed by atoms with E-state index in [9.17, 15) is 9.59 Å². The number of hydrogen-bond donors (Lipinski definition) is 3. The van der Waals surface area contributed by atoms with Gasteiger partial charge < -0.3 is 21.1 Å². The minimum absolute atomic E-state index is 0.0255. The Morgan fingerprint density at radius 1 is 1.35 bits per heavy atom. The first kappa shape index (κ1) is 15.8. The van der Waals surface area contributed by atoms with Crippen LogP contribution in [0.2, 0.25) is 0 Å². The number of carboxylic acids is 1. The maximum Gasteiger partial charge on any atom is 0.337 e. The van der Waals surface area contributed by atoms with Crippen molar-refractivity contribution in [2.75, 3.05) is 24.1 Å². The molecule has 6 heteroatoms. The van der Waals surface area contributed by atoms with Crippen LogP contribution in [0.5, 0.6) is 0 Å². The van der Waals surface area contributed by atoms with Crippen molar-refractivity contribution in [1.29, 1.82) is 0 Å². The molecule has 1 aromatic rings. The zero-order valence-electron chi connectivity index (χ0n) is 12.0. The first-order valence-electron chi connectivity index (χ1n) is 6.59. The molecule has 0 aliphatic carbocycles. The third-order valence-corrected chi connectivity index (χ3v) is 3.15. The summed E-state index contributed by atoms with van der Waals surface area (Å²) in [6.45, 7) is 6.81. The van der Waals surface area contributed by atoms with Gasteiger partial charge in [0.15, 0.2) is 0 Å². The highest BCUT2D eigenvalue weighted by Crippen LogP contribution is 2.23. The first-order valence-corrected chi connectivity index (χ1v) is 6.59. The lowest BCUT2D eigenvalue weighted by Crippen LogP contribution is -2.41. The van der Waals surface area contributed by atoms with Crippen LogP contribution in [0.3, 0.4) is 0 Å². The van der Waals surface area contributed by atoms with Gasteiger partial charge in [0.2, 0.25) is 5.91 Å². The maximum absolute atomic E-state index is 12.1. The molecule has 0 spiro atoms. The van der Waals surface area contributed by atoms with Crippen LogP contribution in [0.25, 0.3) is 0 Å². The fraction of sp³-hybridized carbons (Fsp3) is 0.429. The van der Waals surface area contributed by atoms with Crippen LogP contribution in [-0.4, -0.2) is 41.0 Å². The van der Waals surface area contributed by atoms with E-state index in [1.807, 2.05) is 13.8 Å². The Bertz CT molecular complexity index is 498. The van der Waals surface area contributed by atoms with Crippen molar-refractivity contribution in [2.45, 2.75) is 26.8 Å². The summed E-state index contributed by atoms with van der Waals surface area (Å²) in [4.78, 5) is 24.9. The highest BCUT2D eigenvalue weighted by molar-refractivity contribution is 5.97. The number of hydrogen-bond acceptors (Lipinski definition) is 4. The molecule has 6 nitrogen and oxygen atoms in total. The third-order valence-electron chi connectivity index (χ3n) is 3.15.